The van der Waals surface area contributed by atoms with Gasteiger partial charge in [0, 0.05) is 11.3 Å². The number of fused-ring (bicyclic) bond motifs is 1. The van der Waals surface area contributed by atoms with E-state index in [2.05, 4.69) is 20.3 Å². The molecule has 3 heterocycles. The van der Waals surface area contributed by atoms with Crippen LogP contribution in [0.1, 0.15) is 16.4 Å². The number of nitrogens with zero attached hydrogens (tertiary/aromatic N) is 5. The fourth-order valence-electron chi connectivity index (χ4n) is 2.32. The van der Waals surface area contributed by atoms with E-state index in [0.717, 1.165) is 49.5 Å². The molecule has 128 valence electrons. The lowest BCUT2D eigenvalue weighted by Gasteiger charge is -2.02. The van der Waals surface area contributed by atoms with Crippen molar-refractivity contribution in [1.82, 2.24) is 19.8 Å². The van der Waals surface area contributed by atoms with Crippen molar-refractivity contribution >= 4 is 56.3 Å². The van der Waals surface area contributed by atoms with Crippen molar-refractivity contribution in [2.24, 2.45) is 4.99 Å². The molecule has 0 bridgehead atoms. The van der Waals surface area contributed by atoms with Crippen LogP contribution in [-0.4, -0.2) is 43.6 Å². The summed E-state index contributed by atoms with van der Waals surface area (Å²) < 4.78 is 8.31. The van der Waals surface area contributed by atoms with Crippen LogP contribution < -0.4 is 4.74 Å². The summed E-state index contributed by atoms with van der Waals surface area (Å²) in [6, 6.07) is 7.89. The van der Waals surface area contributed by atoms with Crippen molar-refractivity contribution in [3.63, 3.8) is 0 Å². The van der Waals surface area contributed by atoms with Crippen LogP contribution in [0.3, 0.4) is 0 Å². The molecule has 0 saturated heterocycles. The zero-order chi connectivity index (χ0) is 17.1. The molecule has 6 nitrogen and oxygen atoms in total. The lowest BCUT2D eigenvalue weighted by atomic mass is 10.2. The Bertz CT molecular complexity index is 946. The van der Waals surface area contributed by atoms with E-state index < -0.39 is 0 Å². The molecule has 0 radical (unpaired) electrons. The normalized spacial score (nSPS) is 14.5. The summed E-state index contributed by atoms with van der Waals surface area (Å²) in [6.45, 7) is 0.914. The quantitative estimate of drug-likeness (QED) is 0.663. The van der Waals surface area contributed by atoms with Crippen LogP contribution in [0.2, 0.25) is 0 Å². The number of thioether (sulfide) groups is 2. The van der Waals surface area contributed by atoms with Gasteiger partial charge in [0.05, 0.1) is 19.4 Å². The zero-order valence-electron chi connectivity index (χ0n) is 13.5. The van der Waals surface area contributed by atoms with Crippen LogP contribution in [-0.2, 0) is 5.75 Å². The molecule has 1 aromatic carbocycles. The molecule has 4 rings (SSSR count). The van der Waals surface area contributed by atoms with Crippen LogP contribution >= 0.6 is 34.9 Å². The van der Waals surface area contributed by atoms with Crippen molar-refractivity contribution in [3.05, 3.63) is 40.7 Å². The van der Waals surface area contributed by atoms with Crippen molar-refractivity contribution in [1.29, 1.82) is 0 Å². The fourth-order valence-corrected chi connectivity index (χ4v) is 5.00. The first-order chi connectivity index (χ1) is 12.3. The maximum absolute atomic E-state index is 5.37. The predicted molar refractivity (Wildman–Crippen MR) is 107 cm³/mol. The highest BCUT2D eigenvalue weighted by molar-refractivity contribution is 8.38. The molecule has 9 heteroatoms. The van der Waals surface area contributed by atoms with Gasteiger partial charge in [-0.2, -0.15) is 9.61 Å². The molecule has 0 saturated carbocycles. The first kappa shape index (κ1) is 16.6. The van der Waals surface area contributed by atoms with Crippen LogP contribution in [0, 0.1) is 0 Å². The van der Waals surface area contributed by atoms with Crippen LogP contribution in [0.15, 0.2) is 29.3 Å². The maximum Gasteiger partial charge on any atom is 0.234 e. The van der Waals surface area contributed by atoms with Gasteiger partial charge in [0.25, 0.3) is 0 Å². The molecule has 0 unspecified atom stereocenters. The van der Waals surface area contributed by atoms with Gasteiger partial charge >= 0.3 is 0 Å². The number of ether oxygens (including phenoxy) is 1. The van der Waals surface area contributed by atoms with Gasteiger partial charge in [-0.15, -0.1) is 10.2 Å². The zero-order valence-corrected chi connectivity index (χ0v) is 15.9. The van der Waals surface area contributed by atoms with E-state index in [0.29, 0.717) is 0 Å². The molecule has 2 aromatic heterocycles. The second-order valence-electron chi connectivity index (χ2n) is 5.11. The van der Waals surface area contributed by atoms with Crippen LogP contribution in [0.4, 0.5) is 0 Å². The van der Waals surface area contributed by atoms with Gasteiger partial charge in [-0.05, 0) is 18.2 Å². The molecule has 0 aliphatic carbocycles. The number of methoxy groups -OCH3 is 1. The van der Waals surface area contributed by atoms with E-state index >= 15 is 0 Å². The van der Waals surface area contributed by atoms with Crippen LogP contribution in [0.5, 0.6) is 5.75 Å². The summed E-state index contributed by atoms with van der Waals surface area (Å²) in [5.41, 5.74) is 1.02. The van der Waals surface area contributed by atoms with E-state index in [1.165, 1.54) is 11.3 Å². The van der Waals surface area contributed by atoms with E-state index in [-0.39, 0.29) is 0 Å². The third kappa shape index (κ3) is 3.73. The Morgan fingerprint density at radius 2 is 2.20 bits per heavy atom. The van der Waals surface area contributed by atoms with Gasteiger partial charge in [0.15, 0.2) is 5.82 Å². The number of benzene rings is 1. The van der Waals surface area contributed by atoms with Crippen molar-refractivity contribution < 1.29 is 4.74 Å². The summed E-state index contributed by atoms with van der Waals surface area (Å²) in [7, 11) is 1.67. The van der Waals surface area contributed by atoms with Crippen molar-refractivity contribution in [3.8, 4) is 5.75 Å². The molecule has 0 fully saturated rings. The highest BCUT2D eigenvalue weighted by Crippen LogP contribution is 2.26. The Balaban J connectivity index is 1.52. The summed E-state index contributed by atoms with van der Waals surface area (Å²) in [6.07, 6.45) is 3.98. The van der Waals surface area contributed by atoms with Gasteiger partial charge in [0.2, 0.25) is 4.96 Å². The maximum atomic E-state index is 5.37. The Morgan fingerprint density at radius 3 is 3.04 bits per heavy atom. The molecular formula is C16H15N5OS3. The van der Waals surface area contributed by atoms with Gasteiger partial charge in [-0.1, -0.05) is 53.1 Å². The van der Waals surface area contributed by atoms with Crippen molar-refractivity contribution in [2.75, 3.05) is 19.4 Å². The largest absolute Gasteiger partial charge is 0.496 e. The number of hydrogen-bond donors (Lipinski definition) is 0. The van der Waals surface area contributed by atoms with Crippen LogP contribution in [0.25, 0.3) is 17.1 Å². The summed E-state index contributed by atoms with van der Waals surface area (Å²) in [5.74, 6) is 3.50. The highest BCUT2D eigenvalue weighted by Gasteiger charge is 2.14. The Morgan fingerprint density at radius 1 is 1.28 bits per heavy atom. The molecule has 0 amide bonds. The Labute approximate surface area is 157 Å². The van der Waals surface area contributed by atoms with E-state index in [1.54, 1.807) is 30.6 Å². The highest BCUT2D eigenvalue weighted by atomic mass is 32.2. The molecule has 1 aliphatic rings. The summed E-state index contributed by atoms with van der Waals surface area (Å²) in [4.78, 5) is 5.25. The van der Waals surface area contributed by atoms with E-state index in [4.69, 9.17) is 4.74 Å². The molecular weight excluding hydrogens is 374 g/mol. The lowest BCUT2D eigenvalue weighted by molar-refractivity contribution is 0.414. The Kier molecular flexibility index (Phi) is 5.04. The second kappa shape index (κ2) is 7.59. The average Bonchev–Trinajstić information content (AvgIpc) is 3.36. The first-order valence-corrected chi connectivity index (χ1v) is 10.4. The molecule has 0 N–H and O–H groups in total. The number of para-hydroxylation sites is 1. The molecule has 1 aliphatic heterocycles. The molecule has 0 atom stereocenters. The number of aliphatic imine (C=N–C) groups is 1. The van der Waals surface area contributed by atoms with E-state index in [9.17, 15) is 0 Å². The monoisotopic (exact) mass is 389 g/mol. The molecule has 0 spiro atoms. The Hall–Kier alpha value is -1.84. The predicted octanol–water partition coefficient (Wildman–Crippen LogP) is 3.70. The van der Waals surface area contributed by atoms with Gasteiger partial charge < -0.3 is 4.74 Å². The second-order valence-corrected chi connectivity index (χ2v) is 8.40. The standard InChI is InChI=1S/C16H15N5OS3/c1-22-12-5-3-2-4-11(12)6-7-14-20-21-13(18-19-15(21)25-14)10-24-16-17-8-9-23-16/h2-7H,8-10H2,1H3/b7-6+. The third-order valence-corrected chi connectivity index (χ3v) is 6.61. The minimum absolute atomic E-state index is 0.729. The smallest absolute Gasteiger partial charge is 0.234 e. The number of hydrogen-bond acceptors (Lipinski definition) is 8. The topological polar surface area (TPSA) is 64.7 Å². The molecule has 3 aromatic rings. The fraction of sp³-hybridized carbons (Fsp3) is 0.250. The minimum Gasteiger partial charge on any atom is -0.496 e. The SMILES string of the molecule is COc1ccccc1/C=C/c1nn2c(CSC3=NCCS3)nnc2s1. The van der Waals surface area contributed by atoms with Crippen molar-refractivity contribution in [2.45, 2.75) is 5.75 Å². The molecule has 25 heavy (non-hydrogen) atoms. The van der Waals surface area contributed by atoms with Gasteiger partial charge in [-0.25, -0.2) is 0 Å². The minimum atomic E-state index is 0.729. The number of rotatable bonds is 5. The number of aromatic nitrogens is 4. The summed E-state index contributed by atoms with van der Waals surface area (Å²) in [5, 5.41) is 14.0. The summed E-state index contributed by atoms with van der Waals surface area (Å²) >= 11 is 5.01. The average molecular weight is 390 g/mol. The first-order valence-electron chi connectivity index (χ1n) is 7.66. The van der Waals surface area contributed by atoms with Gasteiger partial charge in [0.1, 0.15) is 15.1 Å². The van der Waals surface area contributed by atoms with E-state index in [1.807, 2.05) is 40.9 Å². The van der Waals surface area contributed by atoms with Gasteiger partial charge in [-0.3, -0.25) is 4.99 Å². The lowest BCUT2D eigenvalue weighted by Crippen LogP contribution is -1.95. The third-order valence-electron chi connectivity index (χ3n) is 3.50.